The van der Waals surface area contributed by atoms with Gasteiger partial charge in [-0.15, -0.1) is 0 Å². The lowest BCUT2D eigenvalue weighted by atomic mass is 10.2. The van der Waals surface area contributed by atoms with Crippen molar-refractivity contribution in [3.63, 3.8) is 0 Å². The topological polar surface area (TPSA) is 60.2 Å². The van der Waals surface area contributed by atoms with E-state index in [0.29, 0.717) is 12.4 Å². The number of methoxy groups -OCH3 is 1. The normalized spacial score (nSPS) is 10.7. The zero-order valence-electron chi connectivity index (χ0n) is 10.3. The molecule has 5 nitrogen and oxygen atoms in total. The number of nitrogens with zero attached hydrogens (tertiary/aromatic N) is 2. The summed E-state index contributed by atoms with van der Waals surface area (Å²) in [7, 11) is 1.66. The van der Waals surface area contributed by atoms with Crippen molar-refractivity contribution in [2.45, 2.75) is 13.0 Å². The van der Waals surface area contributed by atoms with Crippen molar-refractivity contribution >= 4 is 31.9 Å². The number of aromatic nitrogens is 2. The minimum Gasteiger partial charge on any atom is -0.495 e. The lowest BCUT2D eigenvalue weighted by molar-refractivity contribution is 0.403. The summed E-state index contributed by atoms with van der Waals surface area (Å²) in [6.07, 6.45) is 2.07. The van der Waals surface area contributed by atoms with Crippen molar-refractivity contribution < 1.29 is 9.26 Å². The summed E-state index contributed by atoms with van der Waals surface area (Å²) in [6, 6.07) is 3.99. The van der Waals surface area contributed by atoms with Crippen LogP contribution in [0.15, 0.2) is 32.0 Å². The summed E-state index contributed by atoms with van der Waals surface area (Å²) < 4.78 is 12.0. The highest BCUT2D eigenvalue weighted by Crippen LogP contribution is 2.32. The smallest absolute Gasteiger partial charge is 0.213 e. The van der Waals surface area contributed by atoms with Crippen LogP contribution in [0.1, 0.15) is 11.4 Å². The first-order valence-corrected chi connectivity index (χ1v) is 7.27. The van der Waals surface area contributed by atoms with Gasteiger partial charge >= 0.3 is 0 Å². The summed E-state index contributed by atoms with van der Waals surface area (Å²) in [5.41, 5.74) is 1.08. The summed E-state index contributed by atoms with van der Waals surface area (Å²) in [5.74, 6) is 1.55. The maximum atomic E-state index is 5.39. The van der Waals surface area contributed by atoms with E-state index in [1.165, 1.54) is 6.39 Å². The zero-order valence-corrected chi connectivity index (χ0v) is 13.5. The van der Waals surface area contributed by atoms with E-state index in [-0.39, 0.29) is 0 Å². The Balaban J connectivity index is 1.92. The predicted octanol–water partition coefficient (Wildman–Crippen LogP) is 2.94. The van der Waals surface area contributed by atoms with E-state index in [4.69, 9.17) is 4.74 Å². The van der Waals surface area contributed by atoms with E-state index in [2.05, 4.69) is 51.8 Å². The fourth-order valence-corrected chi connectivity index (χ4v) is 3.17. The Morgan fingerprint density at radius 1 is 1.37 bits per heavy atom. The monoisotopic (exact) mass is 389 g/mol. The number of ether oxygens (including phenoxy) is 1. The summed E-state index contributed by atoms with van der Waals surface area (Å²) in [6.45, 7) is 1.48. The second kappa shape index (κ2) is 7.02. The molecule has 0 unspecified atom stereocenters. The Morgan fingerprint density at radius 3 is 2.89 bits per heavy atom. The van der Waals surface area contributed by atoms with Crippen molar-refractivity contribution in [2.75, 3.05) is 13.7 Å². The van der Waals surface area contributed by atoms with Crippen molar-refractivity contribution in [2.24, 2.45) is 0 Å². The molecule has 2 rings (SSSR count). The Hall–Kier alpha value is -0.920. The van der Waals surface area contributed by atoms with Crippen molar-refractivity contribution in [3.05, 3.63) is 38.9 Å². The molecular weight excluding hydrogens is 378 g/mol. The van der Waals surface area contributed by atoms with E-state index in [1.807, 2.05) is 12.1 Å². The maximum Gasteiger partial charge on any atom is 0.213 e. The molecule has 0 bridgehead atoms. The van der Waals surface area contributed by atoms with Crippen molar-refractivity contribution in [1.82, 2.24) is 15.5 Å². The van der Waals surface area contributed by atoms with Gasteiger partial charge < -0.3 is 14.6 Å². The number of hydrogen-bond acceptors (Lipinski definition) is 5. The van der Waals surface area contributed by atoms with Gasteiger partial charge in [0, 0.05) is 29.5 Å². The van der Waals surface area contributed by atoms with Crippen LogP contribution in [0.2, 0.25) is 0 Å². The van der Waals surface area contributed by atoms with E-state index >= 15 is 0 Å². The lowest BCUT2D eigenvalue weighted by Crippen LogP contribution is -2.17. The third-order valence-electron chi connectivity index (χ3n) is 2.54. The molecular formula is C12H13Br2N3O2. The van der Waals surface area contributed by atoms with Gasteiger partial charge in [0.1, 0.15) is 5.75 Å². The van der Waals surface area contributed by atoms with E-state index < -0.39 is 0 Å². The average molecular weight is 391 g/mol. The van der Waals surface area contributed by atoms with Crippen LogP contribution in [0.4, 0.5) is 0 Å². The molecule has 102 valence electrons. The third-order valence-corrected chi connectivity index (χ3v) is 3.58. The van der Waals surface area contributed by atoms with Crippen LogP contribution >= 0.6 is 31.9 Å². The Labute approximate surface area is 128 Å². The van der Waals surface area contributed by atoms with Gasteiger partial charge in [0.15, 0.2) is 5.82 Å². The minimum atomic E-state index is 0.704. The van der Waals surface area contributed by atoms with Crippen LogP contribution in [0.5, 0.6) is 5.75 Å². The Bertz CT molecular complexity index is 532. The molecule has 1 N–H and O–H groups in total. The molecule has 0 saturated heterocycles. The van der Waals surface area contributed by atoms with Crippen LogP contribution in [0.25, 0.3) is 0 Å². The fourth-order valence-electron chi connectivity index (χ4n) is 1.70. The van der Waals surface area contributed by atoms with Crippen LogP contribution < -0.4 is 10.1 Å². The number of nitrogens with one attached hydrogen (secondary N) is 1. The zero-order chi connectivity index (χ0) is 13.7. The molecule has 0 spiro atoms. The maximum absolute atomic E-state index is 5.39. The first-order valence-electron chi connectivity index (χ1n) is 5.68. The Kier molecular flexibility index (Phi) is 5.35. The van der Waals surface area contributed by atoms with Crippen molar-refractivity contribution in [1.29, 1.82) is 0 Å². The molecule has 1 aromatic heterocycles. The predicted molar refractivity (Wildman–Crippen MR) is 78.1 cm³/mol. The second-order valence-corrected chi connectivity index (χ2v) is 5.62. The standard InChI is InChI=1S/C12H13Br2N3O2/c1-18-12-8(4-9(13)5-10(12)14)6-15-3-2-11-16-7-19-17-11/h4-5,7,15H,2-3,6H2,1H3. The van der Waals surface area contributed by atoms with Gasteiger partial charge in [-0.1, -0.05) is 21.1 Å². The molecule has 0 aliphatic rings. The molecule has 0 aliphatic heterocycles. The fraction of sp³-hybridized carbons (Fsp3) is 0.333. The quantitative estimate of drug-likeness (QED) is 0.768. The molecule has 0 atom stereocenters. The van der Waals surface area contributed by atoms with Gasteiger partial charge in [0.05, 0.1) is 11.6 Å². The highest BCUT2D eigenvalue weighted by Gasteiger charge is 2.09. The van der Waals surface area contributed by atoms with Gasteiger partial charge in [0.2, 0.25) is 6.39 Å². The SMILES string of the molecule is COc1c(Br)cc(Br)cc1CNCCc1ncon1. The minimum absolute atomic E-state index is 0.704. The molecule has 0 aliphatic carbocycles. The van der Waals surface area contributed by atoms with Gasteiger partial charge in [-0.2, -0.15) is 4.98 Å². The largest absolute Gasteiger partial charge is 0.495 e. The molecule has 7 heteroatoms. The number of benzene rings is 1. The summed E-state index contributed by atoms with van der Waals surface area (Å²) in [5, 5.41) is 7.08. The molecule has 19 heavy (non-hydrogen) atoms. The second-order valence-electron chi connectivity index (χ2n) is 3.85. The highest BCUT2D eigenvalue weighted by molar-refractivity contribution is 9.11. The number of halogens is 2. The first-order chi connectivity index (χ1) is 9.20. The molecule has 1 heterocycles. The van der Waals surface area contributed by atoms with Gasteiger partial charge in [-0.3, -0.25) is 0 Å². The first kappa shape index (κ1) is 14.5. The van der Waals surface area contributed by atoms with Crippen LogP contribution in [0.3, 0.4) is 0 Å². The molecule has 2 aromatic rings. The number of rotatable bonds is 6. The van der Waals surface area contributed by atoms with Gasteiger partial charge in [-0.05, 0) is 28.1 Å². The Morgan fingerprint density at radius 2 is 2.21 bits per heavy atom. The molecule has 0 saturated carbocycles. The van der Waals surface area contributed by atoms with E-state index in [0.717, 1.165) is 33.2 Å². The van der Waals surface area contributed by atoms with Gasteiger partial charge in [0.25, 0.3) is 0 Å². The van der Waals surface area contributed by atoms with Crippen molar-refractivity contribution in [3.8, 4) is 5.75 Å². The average Bonchev–Trinajstić information content (AvgIpc) is 2.87. The van der Waals surface area contributed by atoms with E-state index in [9.17, 15) is 0 Å². The summed E-state index contributed by atoms with van der Waals surface area (Å²) in [4.78, 5) is 3.97. The molecule has 0 fully saturated rings. The third kappa shape index (κ3) is 4.02. The van der Waals surface area contributed by atoms with Gasteiger partial charge in [-0.25, -0.2) is 0 Å². The molecule has 1 aromatic carbocycles. The molecule has 0 amide bonds. The van der Waals surface area contributed by atoms with Crippen LogP contribution in [-0.2, 0) is 13.0 Å². The lowest BCUT2D eigenvalue weighted by Gasteiger charge is -2.12. The van der Waals surface area contributed by atoms with E-state index in [1.54, 1.807) is 7.11 Å². The van der Waals surface area contributed by atoms with Crippen LogP contribution in [0, 0.1) is 0 Å². The highest BCUT2D eigenvalue weighted by atomic mass is 79.9. The van der Waals surface area contributed by atoms with Crippen LogP contribution in [-0.4, -0.2) is 23.8 Å². The number of hydrogen-bond donors (Lipinski definition) is 1. The molecule has 0 radical (unpaired) electrons. The summed E-state index contributed by atoms with van der Waals surface area (Å²) >= 11 is 6.95.